The molecule has 0 aliphatic heterocycles. The summed E-state index contributed by atoms with van der Waals surface area (Å²) in [4.78, 5) is 6.46. The standard InChI is InChI=1S/2C4H4N.Zr.2H/c2*1-2-4-5-3-1;;;/h2*1-3,5H;;;/q;;+2;2*-1. The van der Waals surface area contributed by atoms with Crippen LogP contribution < -0.4 is 6.80 Å². The SMILES string of the molecule is [H-].[H-].c1c[nH][c]([Zr+2][c]2ccc[nH]2)c1. The molecule has 0 unspecified atom stereocenters. The quantitative estimate of drug-likeness (QED) is 0.750. The van der Waals surface area contributed by atoms with E-state index in [2.05, 4.69) is 34.2 Å². The van der Waals surface area contributed by atoms with Gasteiger partial charge >= 0.3 is 76.7 Å². The van der Waals surface area contributed by atoms with Crippen molar-refractivity contribution in [3.05, 3.63) is 36.7 Å². The van der Waals surface area contributed by atoms with Gasteiger partial charge in [-0.2, -0.15) is 0 Å². The fraction of sp³-hybridized carbons (Fsp3) is 0. The summed E-state index contributed by atoms with van der Waals surface area (Å²) in [5, 5.41) is 0. The Bertz CT molecular complexity index is 273. The van der Waals surface area contributed by atoms with E-state index in [0.29, 0.717) is 0 Å². The van der Waals surface area contributed by atoms with E-state index in [-0.39, 0.29) is 2.85 Å². The molecule has 0 spiro atoms. The molecule has 2 rings (SSSR count). The van der Waals surface area contributed by atoms with E-state index in [4.69, 9.17) is 0 Å². The van der Waals surface area contributed by atoms with Crippen molar-refractivity contribution in [2.24, 2.45) is 0 Å². The van der Waals surface area contributed by atoms with E-state index >= 15 is 0 Å². The second kappa shape index (κ2) is 3.23. The minimum atomic E-state index is -0.534. The Morgan fingerprint density at radius 2 is 1.55 bits per heavy atom. The van der Waals surface area contributed by atoms with Crippen LogP contribution in [0.2, 0.25) is 0 Å². The number of hydrogen-bond acceptors (Lipinski definition) is 0. The average molecular weight is 225 g/mol. The van der Waals surface area contributed by atoms with Crippen molar-refractivity contribution in [2.75, 3.05) is 0 Å². The van der Waals surface area contributed by atoms with Crippen molar-refractivity contribution < 1.29 is 26.1 Å². The molecule has 2 heterocycles. The Labute approximate surface area is 79.6 Å². The number of aromatic amines is 2. The first kappa shape index (κ1) is 7.11. The van der Waals surface area contributed by atoms with Crippen molar-refractivity contribution in [1.29, 1.82) is 0 Å². The topological polar surface area (TPSA) is 31.6 Å². The van der Waals surface area contributed by atoms with E-state index in [1.165, 1.54) is 6.80 Å². The maximum absolute atomic E-state index is 3.23. The fourth-order valence-electron chi connectivity index (χ4n) is 0.961. The van der Waals surface area contributed by atoms with Gasteiger partial charge in [0.25, 0.3) is 0 Å². The second-order valence-electron chi connectivity index (χ2n) is 2.29. The molecule has 0 saturated heterocycles. The first-order valence-corrected chi connectivity index (χ1v) is 5.95. The first-order valence-electron chi connectivity index (χ1n) is 3.49. The van der Waals surface area contributed by atoms with Crippen LogP contribution in [0.4, 0.5) is 0 Å². The van der Waals surface area contributed by atoms with E-state index in [1.54, 1.807) is 0 Å². The predicted molar refractivity (Wildman–Crippen MR) is 43.1 cm³/mol. The number of rotatable bonds is 2. The summed E-state index contributed by atoms with van der Waals surface area (Å²) < 4.78 is 2.83. The van der Waals surface area contributed by atoms with Gasteiger partial charge < -0.3 is 2.85 Å². The number of H-pyrrole nitrogens is 2. The molecule has 0 aliphatic rings. The molecule has 2 aromatic rings. The van der Waals surface area contributed by atoms with Crippen molar-refractivity contribution in [1.82, 2.24) is 9.97 Å². The van der Waals surface area contributed by atoms with Gasteiger partial charge in [-0.3, -0.25) is 0 Å². The van der Waals surface area contributed by atoms with Crippen LogP contribution in [0.15, 0.2) is 36.7 Å². The molecular weight excluding hydrogens is 215 g/mol. The van der Waals surface area contributed by atoms with Gasteiger partial charge in [-0.15, -0.1) is 0 Å². The van der Waals surface area contributed by atoms with Gasteiger partial charge in [0.05, 0.1) is 0 Å². The van der Waals surface area contributed by atoms with E-state index in [1.807, 2.05) is 12.4 Å². The Balaban J connectivity index is 0.000000720. The molecule has 0 saturated carbocycles. The zero-order valence-corrected chi connectivity index (χ0v) is 8.42. The molecule has 0 bridgehead atoms. The predicted octanol–water partition coefficient (Wildman–Crippen LogP) is 0.601. The van der Waals surface area contributed by atoms with Crippen molar-refractivity contribution >= 4 is 6.80 Å². The van der Waals surface area contributed by atoms with Crippen LogP contribution in [-0.2, 0) is 23.2 Å². The van der Waals surface area contributed by atoms with Crippen LogP contribution in [0.1, 0.15) is 2.85 Å². The molecule has 2 aromatic heterocycles. The summed E-state index contributed by atoms with van der Waals surface area (Å²) in [5.41, 5.74) is 0. The molecule has 0 aromatic carbocycles. The number of hydrogen-bond donors (Lipinski definition) is 2. The molecule has 0 aliphatic carbocycles. The molecule has 0 radical (unpaired) electrons. The molecule has 3 heteroatoms. The summed E-state index contributed by atoms with van der Waals surface area (Å²) in [6.45, 7) is 0. The zero-order chi connectivity index (χ0) is 7.52. The van der Waals surface area contributed by atoms with Crippen molar-refractivity contribution in [2.45, 2.75) is 0 Å². The Kier molecular flexibility index (Phi) is 2.09. The Morgan fingerprint density at radius 3 is 1.91 bits per heavy atom. The fourth-order valence-corrected chi connectivity index (χ4v) is 3.32. The molecule has 2 nitrogen and oxygen atoms in total. The van der Waals surface area contributed by atoms with E-state index in [9.17, 15) is 0 Å². The van der Waals surface area contributed by atoms with Crippen molar-refractivity contribution in [3.63, 3.8) is 0 Å². The van der Waals surface area contributed by atoms with Crippen LogP contribution in [0.3, 0.4) is 0 Å². The van der Waals surface area contributed by atoms with Crippen LogP contribution >= 0.6 is 0 Å². The monoisotopic (exact) mass is 224 g/mol. The van der Waals surface area contributed by atoms with Gasteiger partial charge in [-0.1, -0.05) is 0 Å². The minimum absolute atomic E-state index is 0. The molecule has 56 valence electrons. The Hall–Kier alpha value is -0.557. The zero-order valence-electron chi connectivity index (χ0n) is 7.96. The maximum atomic E-state index is 3.23. The second-order valence-corrected chi connectivity index (χ2v) is 5.56. The molecular formula is C8H10N2Zr. The average Bonchev–Trinajstić information content (AvgIpc) is 2.60. The van der Waals surface area contributed by atoms with Crippen LogP contribution in [-0.4, -0.2) is 9.97 Å². The van der Waals surface area contributed by atoms with E-state index < -0.39 is 23.2 Å². The van der Waals surface area contributed by atoms with Crippen LogP contribution in [0, 0.1) is 0 Å². The van der Waals surface area contributed by atoms with Gasteiger partial charge in [-0.05, 0) is 0 Å². The van der Waals surface area contributed by atoms with Gasteiger partial charge in [0.15, 0.2) is 0 Å². The molecule has 0 fully saturated rings. The summed E-state index contributed by atoms with van der Waals surface area (Å²) in [7, 11) is 0. The van der Waals surface area contributed by atoms with Gasteiger partial charge in [0.2, 0.25) is 0 Å². The summed E-state index contributed by atoms with van der Waals surface area (Å²) in [5.74, 6) is 0. The van der Waals surface area contributed by atoms with Crippen molar-refractivity contribution in [3.8, 4) is 0 Å². The van der Waals surface area contributed by atoms with Gasteiger partial charge in [0.1, 0.15) is 0 Å². The number of nitrogens with one attached hydrogen (secondary N) is 2. The molecule has 2 N–H and O–H groups in total. The summed E-state index contributed by atoms with van der Waals surface area (Å²) in [6, 6.07) is 8.43. The van der Waals surface area contributed by atoms with Crippen LogP contribution in [0.25, 0.3) is 0 Å². The third-order valence-corrected chi connectivity index (χ3v) is 4.32. The molecule has 11 heavy (non-hydrogen) atoms. The third kappa shape index (κ3) is 1.72. The van der Waals surface area contributed by atoms with Crippen LogP contribution in [0.5, 0.6) is 0 Å². The molecule has 0 atom stereocenters. The molecule has 0 amide bonds. The number of aromatic nitrogens is 2. The van der Waals surface area contributed by atoms with E-state index in [0.717, 1.165) is 0 Å². The van der Waals surface area contributed by atoms with Gasteiger partial charge in [-0.25, -0.2) is 0 Å². The van der Waals surface area contributed by atoms with Gasteiger partial charge in [0, 0.05) is 0 Å². The normalized spacial score (nSPS) is 9.45. The third-order valence-electron chi connectivity index (χ3n) is 1.47. The summed E-state index contributed by atoms with van der Waals surface area (Å²) in [6.07, 6.45) is 3.97. The Morgan fingerprint density at radius 1 is 1.00 bits per heavy atom. The first-order chi connectivity index (χ1) is 5.45. The summed E-state index contributed by atoms with van der Waals surface area (Å²) >= 11 is -0.534.